The van der Waals surface area contributed by atoms with E-state index < -0.39 is 0 Å². The molecular weight excluding hydrogens is 452 g/mol. The molecular formula is C27H32N8O. The quantitative estimate of drug-likeness (QED) is 0.460. The lowest BCUT2D eigenvalue weighted by Gasteiger charge is -2.33. The minimum Gasteiger partial charge on any atom is -0.353 e. The molecule has 1 aromatic carbocycles. The standard InChI is InChI=1S/C27H32N8O/c1-33-7-5-20(6-8-33)32-27(36)19-14-21-23(16-29-25(21)28-15-19)18-3-4-24-22(13-18)26(31-17-30-24)35-11-9-34(2)10-12-35/h3-4,13-17,20H,5-12H2,1-2H3,(H,28,29)(H,32,36). The first kappa shape index (κ1) is 22.9. The number of piperazine rings is 1. The average Bonchev–Trinajstić information content (AvgIpc) is 3.33. The Kier molecular flexibility index (Phi) is 6.02. The van der Waals surface area contributed by atoms with Gasteiger partial charge in [0.05, 0.1) is 11.1 Å². The predicted octanol–water partition coefficient (Wildman–Crippen LogP) is 2.75. The van der Waals surface area contributed by atoms with Crippen LogP contribution in [0.1, 0.15) is 23.2 Å². The van der Waals surface area contributed by atoms with Gasteiger partial charge in [-0.2, -0.15) is 0 Å². The smallest absolute Gasteiger partial charge is 0.253 e. The van der Waals surface area contributed by atoms with Crippen LogP contribution in [0.4, 0.5) is 5.82 Å². The van der Waals surface area contributed by atoms with Crippen LogP contribution in [0, 0.1) is 0 Å². The molecule has 2 saturated heterocycles. The number of aromatic amines is 1. The summed E-state index contributed by atoms with van der Waals surface area (Å²) in [7, 11) is 4.27. The highest BCUT2D eigenvalue weighted by atomic mass is 16.1. The number of nitrogens with zero attached hydrogens (tertiary/aromatic N) is 6. The summed E-state index contributed by atoms with van der Waals surface area (Å²) < 4.78 is 0. The van der Waals surface area contributed by atoms with Gasteiger partial charge in [0.25, 0.3) is 5.91 Å². The third-order valence-electron chi connectivity index (χ3n) is 7.58. The second-order valence-electron chi connectivity index (χ2n) is 10.1. The number of aromatic nitrogens is 4. The fourth-order valence-corrected chi connectivity index (χ4v) is 5.27. The van der Waals surface area contributed by atoms with Crippen molar-refractivity contribution in [2.24, 2.45) is 0 Å². The number of nitrogens with one attached hydrogen (secondary N) is 2. The molecule has 0 saturated carbocycles. The highest BCUT2D eigenvalue weighted by Gasteiger charge is 2.21. The molecule has 6 rings (SSSR count). The van der Waals surface area contributed by atoms with Crippen LogP contribution in [-0.2, 0) is 0 Å². The van der Waals surface area contributed by atoms with Crippen LogP contribution in [-0.4, -0.2) is 95.0 Å². The third-order valence-corrected chi connectivity index (χ3v) is 7.58. The molecule has 0 unspecified atom stereocenters. The first-order valence-electron chi connectivity index (χ1n) is 12.7. The Morgan fingerprint density at radius 3 is 2.53 bits per heavy atom. The van der Waals surface area contributed by atoms with Crippen LogP contribution in [0.5, 0.6) is 0 Å². The summed E-state index contributed by atoms with van der Waals surface area (Å²) in [6, 6.07) is 8.46. The van der Waals surface area contributed by atoms with Crippen LogP contribution < -0.4 is 10.2 Å². The third kappa shape index (κ3) is 4.40. The zero-order chi connectivity index (χ0) is 24.6. The first-order valence-corrected chi connectivity index (χ1v) is 12.7. The zero-order valence-corrected chi connectivity index (χ0v) is 20.9. The minimum atomic E-state index is -0.0598. The van der Waals surface area contributed by atoms with E-state index >= 15 is 0 Å². The maximum atomic E-state index is 13.0. The van der Waals surface area contributed by atoms with E-state index in [4.69, 9.17) is 0 Å². The molecule has 0 spiro atoms. The van der Waals surface area contributed by atoms with Crippen molar-refractivity contribution < 1.29 is 4.79 Å². The maximum absolute atomic E-state index is 13.0. The fourth-order valence-electron chi connectivity index (χ4n) is 5.27. The molecule has 4 aromatic rings. The second kappa shape index (κ2) is 9.48. The molecule has 5 heterocycles. The Balaban J connectivity index is 1.32. The summed E-state index contributed by atoms with van der Waals surface area (Å²) in [6.07, 6.45) is 7.23. The lowest BCUT2D eigenvalue weighted by molar-refractivity contribution is 0.0916. The number of anilines is 1. The number of amides is 1. The highest BCUT2D eigenvalue weighted by molar-refractivity contribution is 6.02. The maximum Gasteiger partial charge on any atom is 0.253 e. The number of carbonyl (C=O) groups excluding carboxylic acids is 1. The molecule has 2 fully saturated rings. The van der Waals surface area contributed by atoms with Gasteiger partial charge in [0.15, 0.2) is 0 Å². The van der Waals surface area contributed by atoms with Gasteiger partial charge in [-0.25, -0.2) is 15.0 Å². The van der Waals surface area contributed by atoms with Crippen molar-refractivity contribution in [3.8, 4) is 11.1 Å². The van der Waals surface area contributed by atoms with Gasteiger partial charge >= 0.3 is 0 Å². The van der Waals surface area contributed by atoms with Gasteiger partial charge in [-0.05, 0) is 63.8 Å². The number of rotatable bonds is 4. The van der Waals surface area contributed by atoms with E-state index in [1.54, 1.807) is 12.5 Å². The van der Waals surface area contributed by atoms with Crippen LogP contribution >= 0.6 is 0 Å². The monoisotopic (exact) mass is 484 g/mol. The van der Waals surface area contributed by atoms with E-state index in [2.05, 4.69) is 72.2 Å². The van der Waals surface area contributed by atoms with Crippen molar-refractivity contribution in [1.82, 2.24) is 35.1 Å². The molecule has 2 aliphatic heterocycles. The molecule has 2 aliphatic rings. The first-order chi connectivity index (χ1) is 17.5. The van der Waals surface area contributed by atoms with E-state index in [0.717, 1.165) is 91.0 Å². The Hall–Kier alpha value is -3.56. The summed E-state index contributed by atoms with van der Waals surface area (Å²) in [5.74, 6) is 0.918. The highest BCUT2D eigenvalue weighted by Crippen LogP contribution is 2.33. The second-order valence-corrected chi connectivity index (χ2v) is 10.1. The Morgan fingerprint density at radius 2 is 1.72 bits per heavy atom. The molecule has 2 N–H and O–H groups in total. The van der Waals surface area contributed by atoms with Gasteiger partial charge in [-0.3, -0.25) is 4.79 Å². The largest absolute Gasteiger partial charge is 0.353 e. The lowest BCUT2D eigenvalue weighted by atomic mass is 10.0. The van der Waals surface area contributed by atoms with Gasteiger partial charge in [0.2, 0.25) is 0 Å². The molecule has 1 amide bonds. The van der Waals surface area contributed by atoms with Gasteiger partial charge < -0.3 is 25.0 Å². The van der Waals surface area contributed by atoms with Crippen molar-refractivity contribution in [2.75, 3.05) is 58.3 Å². The number of likely N-dealkylation sites (tertiary alicyclic amines) is 1. The number of H-pyrrole nitrogens is 1. The zero-order valence-electron chi connectivity index (χ0n) is 20.9. The minimum absolute atomic E-state index is 0.0598. The average molecular weight is 485 g/mol. The molecule has 0 radical (unpaired) electrons. The number of piperidine rings is 1. The topological polar surface area (TPSA) is 93.3 Å². The van der Waals surface area contributed by atoms with Gasteiger partial charge in [0, 0.05) is 61.0 Å². The lowest BCUT2D eigenvalue weighted by Crippen LogP contribution is -2.44. The van der Waals surface area contributed by atoms with Crippen molar-refractivity contribution >= 4 is 33.7 Å². The van der Waals surface area contributed by atoms with Crippen LogP contribution in [0.3, 0.4) is 0 Å². The van der Waals surface area contributed by atoms with E-state index in [1.807, 2.05) is 12.3 Å². The SMILES string of the molecule is CN1CCC(NC(=O)c2cnc3[nH]cc(-c4ccc5ncnc(N6CCN(C)CC6)c5c4)c3c2)CC1. The summed E-state index contributed by atoms with van der Waals surface area (Å²) >= 11 is 0. The van der Waals surface area contributed by atoms with E-state index in [9.17, 15) is 4.79 Å². The Bertz CT molecular complexity index is 1400. The Labute approximate surface area is 210 Å². The van der Waals surface area contributed by atoms with Gasteiger partial charge in [0.1, 0.15) is 17.8 Å². The van der Waals surface area contributed by atoms with Crippen molar-refractivity contribution in [2.45, 2.75) is 18.9 Å². The van der Waals surface area contributed by atoms with Crippen LogP contribution in [0.15, 0.2) is 43.0 Å². The number of hydrogen-bond donors (Lipinski definition) is 2. The predicted molar refractivity (Wildman–Crippen MR) is 142 cm³/mol. The molecule has 0 bridgehead atoms. The summed E-state index contributed by atoms with van der Waals surface area (Å²) in [5, 5.41) is 5.18. The van der Waals surface area contributed by atoms with E-state index in [-0.39, 0.29) is 11.9 Å². The summed E-state index contributed by atoms with van der Waals surface area (Å²) in [6.45, 7) is 5.93. The van der Waals surface area contributed by atoms with Crippen molar-refractivity contribution in [1.29, 1.82) is 0 Å². The number of benzene rings is 1. The van der Waals surface area contributed by atoms with Gasteiger partial charge in [-0.15, -0.1) is 0 Å². The molecule has 3 aromatic heterocycles. The van der Waals surface area contributed by atoms with E-state index in [0.29, 0.717) is 5.56 Å². The fraction of sp³-hybridized carbons (Fsp3) is 0.407. The molecule has 0 atom stereocenters. The molecule has 36 heavy (non-hydrogen) atoms. The van der Waals surface area contributed by atoms with Crippen molar-refractivity contribution in [3.63, 3.8) is 0 Å². The number of pyridine rings is 1. The number of hydrogen-bond acceptors (Lipinski definition) is 7. The normalized spacial score (nSPS) is 18.2. The number of fused-ring (bicyclic) bond motifs is 2. The van der Waals surface area contributed by atoms with E-state index in [1.165, 1.54) is 0 Å². The molecule has 0 aliphatic carbocycles. The Morgan fingerprint density at radius 1 is 0.944 bits per heavy atom. The van der Waals surface area contributed by atoms with Crippen molar-refractivity contribution in [3.05, 3.63) is 48.5 Å². The molecule has 9 nitrogen and oxygen atoms in total. The molecule has 9 heteroatoms. The molecule has 186 valence electrons. The van der Waals surface area contributed by atoms with Crippen LogP contribution in [0.2, 0.25) is 0 Å². The summed E-state index contributed by atoms with van der Waals surface area (Å²) in [4.78, 5) is 37.0. The number of likely N-dealkylation sites (N-methyl/N-ethyl adjacent to an activating group) is 1. The van der Waals surface area contributed by atoms with Crippen LogP contribution in [0.25, 0.3) is 33.1 Å². The number of carbonyl (C=O) groups is 1. The van der Waals surface area contributed by atoms with Gasteiger partial charge in [-0.1, -0.05) is 6.07 Å². The summed E-state index contributed by atoms with van der Waals surface area (Å²) in [5.41, 5.74) is 4.35.